The molecule has 0 radical (unpaired) electrons. The number of amides is 1. The summed E-state index contributed by atoms with van der Waals surface area (Å²) in [4.78, 5) is 12.9. The van der Waals surface area contributed by atoms with Gasteiger partial charge in [0.05, 0.1) is 6.07 Å². The number of hydrogen-bond acceptors (Lipinski definition) is 2. The zero-order chi connectivity index (χ0) is 8.27. The molecule has 1 aliphatic rings. The number of hydrogen-bond donors (Lipinski definition) is 0. The fourth-order valence-electron chi connectivity index (χ4n) is 1.38. The molecule has 3 nitrogen and oxygen atoms in total. The van der Waals surface area contributed by atoms with Gasteiger partial charge in [0.15, 0.2) is 0 Å². The average Bonchev–Trinajstić information content (AvgIpc) is 1.99. The van der Waals surface area contributed by atoms with Crippen LogP contribution in [0.1, 0.15) is 19.8 Å². The van der Waals surface area contributed by atoms with Gasteiger partial charge < -0.3 is 4.90 Å². The summed E-state index contributed by atoms with van der Waals surface area (Å²) < 4.78 is 0. The Bertz CT molecular complexity index is 195. The van der Waals surface area contributed by atoms with Crippen molar-refractivity contribution in [2.75, 3.05) is 13.1 Å². The van der Waals surface area contributed by atoms with E-state index in [0.717, 1.165) is 19.4 Å². The highest BCUT2D eigenvalue weighted by Gasteiger charge is 2.24. The predicted molar refractivity (Wildman–Crippen MR) is 40.6 cm³/mol. The van der Waals surface area contributed by atoms with Gasteiger partial charge in [0.1, 0.15) is 6.54 Å². The smallest absolute Gasteiger partial charge is 0.226 e. The van der Waals surface area contributed by atoms with Crippen LogP contribution in [0, 0.1) is 17.2 Å². The van der Waals surface area contributed by atoms with Crippen molar-refractivity contribution in [3.8, 4) is 6.07 Å². The van der Waals surface area contributed by atoms with Crippen LogP contribution in [0.5, 0.6) is 0 Å². The van der Waals surface area contributed by atoms with E-state index in [1.54, 1.807) is 4.90 Å². The molecule has 1 fully saturated rings. The van der Waals surface area contributed by atoms with Crippen molar-refractivity contribution in [3.63, 3.8) is 0 Å². The summed E-state index contributed by atoms with van der Waals surface area (Å²) in [5.74, 6) is 0.259. The highest BCUT2D eigenvalue weighted by Crippen LogP contribution is 2.16. The van der Waals surface area contributed by atoms with Crippen molar-refractivity contribution in [2.45, 2.75) is 19.8 Å². The van der Waals surface area contributed by atoms with Gasteiger partial charge in [-0.25, -0.2) is 0 Å². The minimum Gasteiger partial charge on any atom is -0.329 e. The minimum absolute atomic E-state index is 0.122. The van der Waals surface area contributed by atoms with Crippen LogP contribution in [-0.2, 0) is 4.79 Å². The zero-order valence-corrected chi connectivity index (χ0v) is 6.71. The monoisotopic (exact) mass is 152 g/mol. The summed E-state index contributed by atoms with van der Waals surface area (Å²) in [5.41, 5.74) is 0. The normalized spacial score (nSPS) is 24.9. The first-order valence-corrected chi connectivity index (χ1v) is 3.91. The maximum atomic E-state index is 11.3. The van der Waals surface area contributed by atoms with Crippen molar-refractivity contribution in [2.24, 2.45) is 5.92 Å². The molecule has 0 aromatic rings. The third-order valence-corrected chi connectivity index (χ3v) is 2.06. The number of nitrogens with zero attached hydrogens (tertiary/aromatic N) is 2. The first-order valence-electron chi connectivity index (χ1n) is 3.91. The van der Waals surface area contributed by atoms with Crippen LogP contribution in [-0.4, -0.2) is 23.9 Å². The van der Waals surface area contributed by atoms with E-state index >= 15 is 0 Å². The Hall–Kier alpha value is -1.04. The van der Waals surface area contributed by atoms with Crippen LogP contribution >= 0.6 is 0 Å². The Morgan fingerprint density at radius 1 is 1.82 bits per heavy atom. The molecule has 1 atom stereocenters. The van der Waals surface area contributed by atoms with E-state index in [1.165, 1.54) is 0 Å². The summed E-state index contributed by atoms with van der Waals surface area (Å²) in [7, 11) is 0. The van der Waals surface area contributed by atoms with Gasteiger partial charge in [0.2, 0.25) is 5.91 Å². The molecule has 1 unspecified atom stereocenters. The van der Waals surface area contributed by atoms with E-state index < -0.39 is 0 Å². The molecule has 1 amide bonds. The minimum atomic E-state index is 0.122. The van der Waals surface area contributed by atoms with E-state index in [4.69, 9.17) is 5.26 Å². The molecule has 3 heteroatoms. The molecule has 1 saturated heterocycles. The van der Waals surface area contributed by atoms with Crippen LogP contribution < -0.4 is 0 Å². The lowest BCUT2D eigenvalue weighted by Crippen LogP contribution is -2.40. The molecule has 0 aromatic heterocycles. The molecule has 0 bridgehead atoms. The average molecular weight is 152 g/mol. The Morgan fingerprint density at radius 2 is 2.55 bits per heavy atom. The summed E-state index contributed by atoms with van der Waals surface area (Å²) >= 11 is 0. The van der Waals surface area contributed by atoms with E-state index in [1.807, 2.05) is 13.0 Å². The summed E-state index contributed by atoms with van der Waals surface area (Å²) in [6, 6.07) is 1.99. The van der Waals surface area contributed by atoms with Gasteiger partial charge in [-0.05, 0) is 12.8 Å². The third-order valence-electron chi connectivity index (χ3n) is 2.06. The second-order valence-electron chi connectivity index (χ2n) is 2.96. The second kappa shape index (κ2) is 3.38. The fraction of sp³-hybridized carbons (Fsp3) is 0.750. The van der Waals surface area contributed by atoms with E-state index in [-0.39, 0.29) is 18.4 Å². The molecule has 11 heavy (non-hydrogen) atoms. The summed E-state index contributed by atoms with van der Waals surface area (Å²) in [6.07, 6.45) is 2.01. The standard InChI is InChI=1S/C8H12N2O/c1-7-3-2-5-10(6-4-9)8(7)11/h7H,2-3,5-6H2,1H3. The van der Waals surface area contributed by atoms with Crippen molar-refractivity contribution >= 4 is 5.91 Å². The molecule has 1 heterocycles. The van der Waals surface area contributed by atoms with Gasteiger partial charge in [0, 0.05) is 12.5 Å². The van der Waals surface area contributed by atoms with E-state index in [9.17, 15) is 4.79 Å². The van der Waals surface area contributed by atoms with Gasteiger partial charge in [-0.3, -0.25) is 4.79 Å². The Balaban J connectivity index is 2.53. The maximum Gasteiger partial charge on any atom is 0.226 e. The number of likely N-dealkylation sites (tertiary alicyclic amines) is 1. The molecular weight excluding hydrogens is 140 g/mol. The molecule has 0 aromatic carbocycles. The molecule has 60 valence electrons. The van der Waals surface area contributed by atoms with Crippen LogP contribution in [0.4, 0.5) is 0 Å². The number of carbonyl (C=O) groups is 1. The van der Waals surface area contributed by atoms with E-state index in [0.29, 0.717) is 0 Å². The van der Waals surface area contributed by atoms with Crippen molar-refractivity contribution in [3.05, 3.63) is 0 Å². The quantitative estimate of drug-likeness (QED) is 0.521. The molecule has 1 rings (SSSR count). The molecule has 0 N–H and O–H groups in total. The molecule has 0 spiro atoms. The van der Waals surface area contributed by atoms with Gasteiger partial charge >= 0.3 is 0 Å². The SMILES string of the molecule is CC1CCCN(CC#N)C1=O. The highest BCUT2D eigenvalue weighted by atomic mass is 16.2. The largest absolute Gasteiger partial charge is 0.329 e. The molecule has 0 aliphatic carbocycles. The number of rotatable bonds is 1. The van der Waals surface area contributed by atoms with Crippen LogP contribution in [0.25, 0.3) is 0 Å². The van der Waals surface area contributed by atoms with Gasteiger partial charge in [-0.15, -0.1) is 0 Å². The lowest BCUT2D eigenvalue weighted by molar-refractivity contribution is -0.136. The van der Waals surface area contributed by atoms with Gasteiger partial charge in [-0.1, -0.05) is 6.92 Å². The highest BCUT2D eigenvalue weighted by molar-refractivity contribution is 5.79. The summed E-state index contributed by atoms with van der Waals surface area (Å²) in [6.45, 7) is 2.94. The Kier molecular flexibility index (Phi) is 2.48. The zero-order valence-electron chi connectivity index (χ0n) is 6.71. The lowest BCUT2D eigenvalue weighted by Gasteiger charge is -2.28. The fourth-order valence-corrected chi connectivity index (χ4v) is 1.38. The number of nitriles is 1. The Labute approximate surface area is 66.6 Å². The first kappa shape index (κ1) is 8.06. The predicted octanol–water partition coefficient (Wildman–Crippen LogP) is 0.768. The van der Waals surface area contributed by atoms with Crippen LogP contribution in [0.2, 0.25) is 0 Å². The van der Waals surface area contributed by atoms with Crippen molar-refractivity contribution < 1.29 is 4.79 Å². The number of carbonyl (C=O) groups excluding carboxylic acids is 1. The van der Waals surface area contributed by atoms with Crippen molar-refractivity contribution in [1.29, 1.82) is 5.26 Å². The first-order chi connectivity index (χ1) is 5.25. The second-order valence-corrected chi connectivity index (χ2v) is 2.96. The molecular formula is C8H12N2O. The topological polar surface area (TPSA) is 44.1 Å². The summed E-state index contributed by atoms with van der Waals surface area (Å²) in [5, 5.41) is 8.38. The van der Waals surface area contributed by atoms with Gasteiger partial charge in [-0.2, -0.15) is 5.26 Å². The molecule has 1 aliphatic heterocycles. The Morgan fingerprint density at radius 3 is 3.18 bits per heavy atom. The van der Waals surface area contributed by atoms with E-state index in [2.05, 4.69) is 0 Å². The maximum absolute atomic E-state index is 11.3. The lowest BCUT2D eigenvalue weighted by atomic mass is 9.99. The molecule has 0 saturated carbocycles. The van der Waals surface area contributed by atoms with Crippen LogP contribution in [0.3, 0.4) is 0 Å². The van der Waals surface area contributed by atoms with Crippen LogP contribution in [0.15, 0.2) is 0 Å². The van der Waals surface area contributed by atoms with Crippen molar-refractivity contribution in [1.82, 2.24) is 4.90 Å². The number of piperidine rings is 1. The third kappa shape index (κ3) is 1.70. The van der Waals surface area contributed by atoms with Gasteiger partial charge in [0.25, 0.3) is 0 Å².